The Labute approximate surface area is 48.8 Å². The van der Waals surface area contributed by atoms with Crippen molar-refractivity contribution in [1.82, 2.24) is 0 Å². The minimum Gasteiger partial charge on any atom is -0.529 e. The van der Waals surface area contributed by atoms with Gasteiger partial charge in [0.1, 0.15) is 10.5 Å². The second kappa shape index (κ2) is 9.29. The van der Waals surface area contributed by atoms with E-state index in [1.165, 1.54) is 6.92 Å². The van der Waals surface area contributed by atoms with Crippen LogP contribution in [0.4, 0.5) is 0 Å². The molecule has 44 valence electrons. The van der Waals surface area contributed by atoms with Crippen LogP contribution in [-0.4, -0.2) is 31.7 Å². The van der Waals surface area contributed by atoms with Crippen molar-refractivity contribution in [3.63, 3.8) is 0 Å². The fraction of sp³-hybridized carbons (Fsp3) is 0.500. The summed E-state index contributed by atoms with van der Waals surface area (Å²) in [7, 11) is 0.829. The molecule has 0 aromatic carbocycles. The van der Waals surface area contributed by atoms with E-state index >= 15 is 0 Å². The van der Waals surface area contributed by atoms with E-state index in [1.807, 2.05) is 0 Å². The molecule has 3 nitrogen and oxygen atoms in total. The molecule has 0 atom stereocenters. The Bertz CT molecular complexity index is 46.2. The number of rotatable bonds is 0. The van der Waals surface area contributed by atoms with Crippen molar-refractivity contribution in [3.05, 3.63) is 0 Å². The molecule has 0 unspecified atom stereocenters. The molecule has 0 radical (unpaired) electrons. The summed E-state index contributed by atoms with van der Waals surface area (Å²) in [6.07, 6.45) is 0. The second-order valence-corrected chi connectivity index (χ2v) is 1.10. The van der Waals surface area contributed by atoms with Gasteiger partial charge in [0.05, 0.1) is 0 Å². The maximum absolute atomic E-state index is 9.62. The van der Waals surface area contributed by atoms with Crippen LogP contribution in [-0.2, 0) is 9.22 Å². The quantitative estimate of drug-likeness (QED) is 0.365. The summed E-state index contributed by atoms with van der Waals surface area (Å²) in [6, 6.07) is 0. The van der Waals surface area contributed by atoms with Crippen molar-refractivity contribution in [2.75, 3.05) is 0 Å². The molecule has 0 aliphatic heterocycles. The largest absolute Gasteiger partial charge is 0.529 e. The van der Waals surface area contributed by atoms with Crippen LogP contribution in [0, 0.1) is 0 Å². The van der Waals surface area contributed by atoms with Crippen molar-refractivity contribution in [2.45, 2.75) is 6.92 Å². The highest BCUT2D eigenvalue weighted by atomic mass is 28.2. The number of carbonyl (C=O) groups is 1. The van der Waals surface area contributed by atoms with E-state index in [0.717, 1.165) is 0 Å². The van der Waals surface area contributed by atoms with Crippen LogP contribution in [0.2, 0.25) is 0 Å². The normalized spacial score (nSPS) is 6.57. The molecule has 0 aromatic heterocycles. The average Bonchev–Trinajstić information content (AvgIpc) is 1.73. The van der Waals surface area contributed by atoms with Crippen LogP contribution >= 0.6 is 0 Å². The maximum atomic E-state index is 9.62. The maximum Gasteiger partial charge on any atom is 0.288 e. The lowest BCUT2D eigenvalue weighted by atomic mass is 10.9. The first-order valence-corrected chi connectivity index (χ1v) is 3.47. The number of hydrogen-bond acceptors (Lipinski definition) is 3. The molecule has 5 heteroatoms. The summed E-state index contributed by atoms with van der Waals surface area (Å²) < 4.78 is 4.25. The molecule has 0 spiro atoms. The van der Waals surface area contributed by atoms with Crippen LogP contribution in [0.5, 0.6) is 0 Å². The highest BCUT2D eigenvalue weighted by Crippen LogP contribution is 1.58. The van der Waals surface area contributed by atoms with Crippen LogP contribution in [0.25, 0.3) is 0 Å². The third-order valence-corrected chi connectivity index (χ3v) is 0.862. The molecule has 0 heterocycles. The minimum atomic E-state index is -0.184. The van der Waals surface area contributed by atoms with E-state index < -0.39 is 0 Å². The Morgan fingerprint density at radius 2 is 1.86 bits per heavy atom. The fourth-order valence-corrected chi connectivity index (χ4v) is 0. The minimum absolute atomic E-state index is 0.184. The molecular formula is C2H10O3Si2. The molecule has 0 fully saturated rings. The van der Waals surface area contributed by atoms with E-state index in [-0.39, 0.29) is 5.97 Å². The highest BCUT2D eigenvalue weighted by Gasteiger charge is 1.74. The number of hydrogen-bond donors (Lipinski definition) is 1. The molecule has 1 N–H and O–H groups in total. The smallest absolute Gasteiger partial charge is 0.288 e. The third-order valence-electron chi connectivity index (χ3n) is 0.287. The molecular weight excluding hydrogens is 128 g/mol. The van der Waals surface area contributed by atoms with Crippen LogP contribution in [0.3, 0.4) is 0 Å². The molecule has 0 aliphatic rings. The topological polar surface area (TPSA) is 46.5 Å². The monoisotopic (exact) mass is 138 g/mol. The van der Waals surface area contributed by atoms with E-state index in [0.29, 0.717) is 21.0 Å². The SMILES string of the molecule is CC(=O)O[SiH3].O[SiH3]. The average molecular weight is 138 g/mol. The highest BCUT2D eigenvalue weighted by molar-refractivity contribution is 6.04. The predicted octanol–water partition coefficient (Wildman–Crippen LogP) is -2.91. The van der Waals surface area contributed by atoms with Crippen molar-refractivity contribution in [1.29, 1.82) is 0 Å². The first-order valence-electron chi connectivity index (χ1n) is 1.76. The lowest BCUT2D eigenvalue weighted by Crippen LogP contribution is -1.90. The molecule has 7 heavy (non-hydrogen) atoms. The molecule has 0 amide bonds. The summed E-state index contributed by atoms with van der Waals surface area (Å²) in [6.45, 7) is 1.40. The zero-order valence-electron chi connectivity index (χ0n) is 4.76. The molecule has 0 aliphatic carbocycles. The molecule has 0 rings (SSSR count). The lowest BCUT2D eigenvalue weighted by Gasteiger charge is -1.82. The molecule has 0 saturated heterocycles. The Kier molecular flexibility index (Phi) is 13.2. The zero-order chi connectivity index (χ0) is 6.28. The fourth-order valence-electron chi connectivity index (χ4n) is 0. The van der Waals surface area contributed by atoms with Gasteiger partial charge in [-0.25, -0.2) is 0 Å². The standard InChI is InChI=1S/C2H6O2Si.H4OSi/c1-2(3)4-5;1-2/h1,5H3;1H,2H3. The summed E-state index contributed by atoms with van der Waals surface area (Å²) in [5.41, 5.74) is 0. The summed E-state index contributed by atoms with van der Waals surface area (Å²) in [5.74, 6) is -0.184. The van der Waals surface area contributed by atoms with Gasteiger partial charge in [-0.15, -0.1) is 0 Å². The Morgan fingerprint density at radius 3 is 1.86 bits per heavy atom. The summed E-state index contributed by atoms with van der Waals surface area (Å²) in [5, 5.41) is 0. The van der Waals surface area contributed by atoms with E-state index in [2.05, 4.69) is 4.43 Å². The third kappa shape index (κ3) is 25.2. The van der Waals surface area contributed by atoms with Gasteiger partial charge in [0, 0.05) is 6.92 Å². The van der Waals surface area contributed by atoms with Gasteiger partial charge < -0.3 is 9.22 Å². The molecule has 0 saturated carbocycles. The van der Waals surface area contributed by atoms with Crippen molar-refractivity contribution in [3.8, 4) is 0 Å². The predicted molar refractivity (Wildman–Crippen MR) is 33.9 cm³/mol. The van der Waals surface area contributed by atoms with Gasteiger partial charge in [-0.1, -0.05) is 0 Å². The van der Waals surface area contributed by atoms with E-state index in [1.54, 1.807) is 0 Å². The molecule has 0 bridgehead atoms. The first-order chi connectivity index (χ1) is 3.27. The van der Waals surface area contributed by atoms with Gasteiger partial charge in [-0.05, 0) is 0 Å². The molecule has 0 aromatic rings. The first kappa shape index (κ1) is 9.98. The van der Waals surface area contributed by atoms with Gasteiger partial charge in [0.15, 0.2) is 0 Å². The summed E-state index contributed by atoms with van der Waals surface area (Å²) in [4.78, 5) is 16.8. The Balaban J connectivity index is 0. The lowest BCUT2D eigenvalue weighted by molar-refractivity contribution is -0.131. The van der Waals surface area contributed by atoms with Crippen LogP contribution < -0.4 is 0 Å². The second-order valence-electron chi connectivity index (χ2n) is 0.696. The van der Waals surface area contributed by atoms with Gasteiger partial charge >= 0.3 is 0 Å². The van der Waals surface area contributed by atoms with Gasteiger partial charge in [0.25, 0.3) is 5.97 Å². The zero-order valence-corrected chi connectivity index (χ0v) is 8.76. The van der Waals surface area contributed by atoms with Gasteiger partial charge in [0.2, 0.25) is 10.5 Å². The van der Waals surface area contributed by atoms with Crippen LogP contribution in [0.15, 0.2) is 0 Å². The van der Waals surface area contributed by atoms with E-state index in [9.17, 15) is 4.79 Å². The van der Waals surface area contributed by atoms with Crippen molar-refractivity contribution < 1.29 is 14.0 Å². The summed E-state index contributed by atoms with van der Waals surface area (Å²) >= 11 is 0. The van der Waals surface area contributed by atoms with Crippen LogP contribution in [0.1, 0.15) is 6.92 Å². The van der Waals surface area contributed by atoms with Gasteiger partial charge in [-0.3, -0.25) is 4.79 Å². The van der Waals surface area contributed by atoms with Crippen molar-refractivity contribution in [2.24, 2.45) is 0 Å². The van der Waals surface area contributed by atoms with E-state index in [4.69, 9.17) is 4.80 Å². The van der Waals surface area contributed by atoms with Crippen molar-refractivity contribution >= 4 is 26.9 Å². The number of carbonyl (C=O) groups excluding carboxylic acids is 1. The Morgan fingerprint density at radius 1 is 1.71 bits per heavy atom. The van der Waals surface area contributed by atoms with Gasteiger partial charge in [-0.2, -0.15) is 0 Å². The Hall–Kier alpha value is -0.136.